The van der Waals surface area contributed by atoms with Gasteiger partial charge in [0.1, 0.15) is 11.9 Å². The molecule has 2 heterocycles. The number of esters is 1. The van der Waals surface area contributed by atoms with Gasteiger partial charge in [-0.3, -0.25) is 19.7 Å². The molecule has 2 saturated heterocycles. The van der Waals surface area contributed by atoms with Gasteiger partial charge in [-0.1, -0.05) is 47.5 Å². The van der Waals surface area contributed by atoms with E-state index in [9.17, 15) is 18.8 Å². The number of halogens is 3. The van der Waals surface area contributed by atoms with Crippen LogP contribution in [0, 0.1) is 17.7 Å². The predicted octanol–water partition coefficient (Wildman–Crippen LogP) is 4.33. The van der Waals surface area contributed by atoms with Crippen LogP contribution in [0.5, 0.6) is 0 Å². The molecule has 0 saturated carbocycles. The van der Waals surface area contributed by atoms with Gasteiger partial charge in [-0.2, -0.15) is 0 Å². The van der Waals surface area contributed by atoms with Crippen LogP contribution in [0.4, 0.5) is 10.1 Å². The summed E-state index contributed by atoms with van der Waals surface area (Å²) in [5.41, 5.74) is 0.209. The van der Waals surface area contributed by atoms with Gasteiger partial charge >= 0.3 is 5.97 Å². The van der Waals surface area contributed by atoms with Crippen LogP contribution in [-0.4, -0.2) is 30.9 Å². The molecule has 178 valence electrons. The number of ether oxygens (including phenoxy) is 1. The van der Waals surface area contributed by atoms with E-state index in [0.29, 0.717) is 21.2 Å². The van der Waals surface area contributed by atoms with Gasteiger partial charge in [0.25, 0.3) is 0 Å². The van der Waals surface area contributed by atoms with Crippen molar-refractivity contribution in [3.63, 3.8) is 0 Å². The summed E-state index contributed by atoms with van der Waals surface area (Å²) >= 11 is 12.3. The highest BCUT2D eigenvalue weighted by Gasteiger charge is 2.68. The molecule has 3 aromatic carbocycles. The molecule has 1 N–H and O–H groups in total. The molecule has 9 heteroatoms. The van der Waals surface area contributed by atoms with Crippen LogP contribution < -0.4 is 10.2 Å². The minimum absolute atomic E-state index is 0.223. The van der Waals surface area contributed by atoms with Gasteiger partial charge in [0.05, 0.1) is 30.2 Å². The van der Waals surface area contributed by atoms with E-state index in [1.165, 1.54) is 31.4 Å². The highest BCUT2D eigenvalue weighted by Crippen LogP contribution is 2.52. The maximum Gasteiger partial charge on any atom is 0.323 e. The van der Waals surface area contributed by atoms with Crippen LogP contribution in [0.15, 0.2) is 72.8 Å². The Bertz CT molecular complexity index is 1270. The molecule has 0 radical (unpaired) electrons. The molecule has 0 bridgehead atoms. The number of methoxy groups -OCH3 is 1. The topological polar surface area (TPSA) is 75.7 Å². The van der Waals surface area contributed by atoms with Crippen molar-refractivity contribution >= 4 is 46.7 Å². The number of hydrogen-bond donors (Lipinski definition) is 1. The lowest BCUT2D eigenvalue weighted by molar-refractivity contribution is -0.145. The molecule has 0 aliphatic carbocycles. The minimum Gasteiger partial charge on any atom is -0.468 e. The Morgan fingerprint density at radius 2 is 1.40 bits per heavy atom. The highest BCUT2D eigenvalue weighted by molar-refractivity contribution is 6.31. The first-order chi connectivity index (χ1) is 16.8. The minimum atomic E-state index is -1.28. The fourth-order valence-corrected chi connectivity index (χ4v) is 5.45. The summed E-state index contributed by atoms with van der Waals surface area (Å²) in [4.78, 5) is 41.6. The number of carbonyl (C=O) groups excluding carboxylic acids is 3. The Morgan fingerprint density at radius 1 is 0.886 bits per heavy atom. The summed E-state index contributed by atoms with van der Waals surface area (Å²) in [6.07, 6.45) is 0. The molecule has 3 aromatic rings. The van der Waals surface area contributed by atoms with Crippen LogP contribution in [0.1, 0.15) is 11.1 Å². The Kier molecular flexibility index (Phi) is 5.87. The normalized spacial score (nSPS) is 22.9. The highest BCUT2D eigenvalue weighted by atomic mass is 35.5. The quantitative estimate of drug-likeness (QED) is 0.416. The number of carbonyl (C=O) groups is 3. The predicted molar refractivity (Wildman–Crippen MR) is 128 cm³/mol. The SMILES string of the molecule is COC(=O)[C@@H]1NC(c2ccc(Cl)cc2)(c2ccc(Cl)cc2)[C@H]2C(=O)N(c3ccc(F)cc3)C(=O)[C@H]12. The van der Waals surface area contributed by atoms with Crippen molar-refractivity contribution in [2.24, 2.45) is 11.8 Å². The molecule has 35 heavy (non-hydrogen) atoms. The number of rotatable bonds is 4. The van der Waals surface area contributed by atoms with Crippen LogP contribution >= 0.6 is 23.2 Å². The van der Waals surface area contributed by atoms with Gasteiger partial charge in [-0.05, 0) is 59.7 Å². The van der Waals surface area contributed by atoms with Crippen molar-refractivity contribution in [3.05, 3.63) is 99.8 Å². The number of imide groups is 1. The second kappa shape index (κ2) is 8.75. The number of fused-ring (bicyclic) bond motifs is 1. The van der Waals surface area contributed by atoms with Crippen LogP contribution in [0.3, 0.4) is 0 Å². The standard InChI is InChI=1S/C26H19Cl2FN2O4/c1-35-25(34)22-20-21(24(33)31(23(20)32)19-12-10-18(29)11-13-19)26(30-22,14-2-6-16(27)7-3-14)15-4-8-17(28)9-5-15/h2-13,20-22,30H,1H3/t20-,21+,22+/m0/s1. The van der Waals surface area contributed by atoms with E-state index < -0.39 is 47.0 Å². The molecule has 2 aliphatic heterocycles. The first-order valence-corrected chi connectivity index (χ1v) is 11.5. The number of benzene rings is 3. The van der Waals surface area contributed by atoms with E-state index in [2.05, 4.69) is 5.32 Å². The first kappa shape index (κ1) is 23.5. The smallest absolute Gasteiger partial charge is 0.323 e. The fourth-order valence-electron chi connectivity index (χ4n) is 5.20. The number of anilines is 1. The Morgan fingerprint density at radius 3 is 1.89 bits per heavy atom. The number of hydrogen-bond acceptors (Lipinski definition) is 5. The van der Waals surface area contributed by atoms with E-state index in [1.54, 1.807) is 48.5 Å². The average Bonchev–Trinajstić information content (AvgIpc) is 3.35. The number of nitrogens with zero attached hydrogens (tertiary/aromatic N) is 1. The zero-order chi connectivity index (χ0) is 24.9. The van der Waals surface area contributed by atoms with E-state index in [4.69, 9.17) is 27.9 Å². The number of amides is 2. The molecule has 6 nitrogen and oxygen atoms in total. The molecule has 2 amide bonds. The summed E-state index contributed by atoms with van der Waals surface area (Å²) in [5.74, 6) is -4.33. The van der Waals surface area contributed by atoms with Gasteiger partial charge in [0.2, 0.25) is 11.8 Å². The summed E-state index contributed by atoms with van der Waals surface area (Å²) in [6, 6.07) is 17.7. The van der Waals surface area contributed by atoms with Gasteiger partial charge in [0, 0.05) is 10.0 Å². The third kappa shape index (κ3) is 3.62. The molecule has 0 unspecified atom stereocenters. The van der Waals surface area contributed by atoms with Crippen molar-refractivity contribution in [3.8, 4) is 0 Å². The van der Waals surface area contributed by atoms with E-state index in [0.717, 1.165) is 4.90 Å². The average molecular weight is 513 g/mol. The molecule has 5 rings (SSSR count). The molecular weight excluding hydrogens is 494 g/mol. The maximum absolute atomic E-state index is 14.0. The molecule has 2 aliphatic rings. The van der Waals surface area contributed by atoms with Crippen molar-refractivity contribution in [1.29, 1.82) is 0 Å². The second-order valence-corrected chi connectivity index (χ2v) is 9.33. The molecule has 0 aromatic heterocycles. The van der Waals surface area contributed by atoms with Gasteiger partial charge < -0.3 is 4.74 Å². The van der Waals surface area contributed by atoms with Gasteiger partial charge in [0.15, 0.2) is 0 Å². The summed E-state index contributed by atoms with van der Waals surface area (Å²) in [5, 5.41) is 4.26. The Hall–Kier alpha value is -3.26. The lowest BCUT2D eigenvalue weighted by Gasteiger charge is -2.36. The zero-order valence-corrected chi connectivity index (χ0v) is 19.9. The van der Waals surface area contributed by atoms with E-state index in [-0.39, 0.29) is 5.69 Å². The van der Waals surface area contributed by atoms with Crippen LogP contribution in [0.25, 0.3) is 0 Å². The Balaban J connectivity index is 1.75. The third-order valence-corrected chi connectivity index (χ3v) is 7.20. The summed E-state index contributed by atoms with van der Waals surface area (Å²) < 4.78 is 18.6. The second-order valence-electron chi connectivity index (χ2n) is 8.46. The van der Waals surface area contributed by atoms with Crippen molar-refractivity contribution in [2.75, 3.05) is 12.0 Å². The lowest BCUT2D eigenvalue weighted by Crippen LogP contribution is -2.51. The molecular formula is C26H19Cl2FN2O4. The first-order valence-electron chi connectivity index (χ1n) is 10.8. The van der Waals surface area contributed by atoms with Gasteiger partial charge in [-0.25, -0.2) is 9.29 Å². The third-order valence-electron chi connectivity index (χ3n) is 6.70. The number of nitrogens with one attached hydrogen (secondary N) is 1. The molecule has 3 atom stereocenters. The molecule has 2 fully saturated rings. The summed E-state index contributed by atoms with van der Waals surface area (Å²) in [7, 11) is 1.22. The largest absolute Gasteiger partial charge is 0.468 e. The van der Waals surface area contributed by atoms with Crippen molar-refractivity contribution in [2.45, 2.75) is 11.6 Å². The van der Waals surface area contributed by atoms with Crippen LogP contribution in [-0.2, 0) is 24.7 Å². The van der Waals surface area contributed by atoms with Gasteiger partial charge in [-0.15, -0.1) is 0 Å². The maximum atomic E-state index is 14.0. The van der Waals surface area contributed by atoms with Crippen LogP contribution in [0.2, 0.25) is 10.0 Å². The van der Waals surface area contributed by atoms with E-state index >= 15 is 0 Å². The molecule has 0 spiro atoms. The summed E-state index contributed by atoms with van der Waals surface area (Å²) in [6.45, 7) is 0. The van der Waals surface area contributed by atoms with Crippen molar-refractivity contribution < 1.29 is 23.5 Å². The monoisotopic (exact) mass is 512 g/mol. The Labute approximate surface area is 210 Å². The van der Waals surface area contributed by atoms with Crippen molar-refractivity contribution in [1.82, 2.24) is 5.32 Å². The van der Waals surface area contributed by atoms with E-state index in [1.807, 2.05) is 0 Å². The fraction of sp³-hybridized carbons (Fsp3) is 0.192. The zero-order valence-electron chi connectivity index (χ0n) is 18.4. The lowest BCUT2D eigenvalue weighted by atomic mass is 9.72.